The van der Waals surface area contributed by atoms with Gasteiger partial charge in [0.1, 0.15) is 0 Å². The minimum absolute atomic E-state index is 0.0176. The summed E-state index contributed by atoms with van der Waals surface area (Å²) in [5.41, 5.74) is 0. The van der Waals surface area contributed by atoms with Gasteiger partial charge in [0.05, 0.1) is 13.0 Å². The van der Waals surface area contributed by atoms with Gasteiger partial charge in [-0.05, 0) is 23.8 Å². The molecular weight excluding hydrogens is 236 g/mol. The Morgan fingerprint density at radius 3 is 2.88 bits per heavy atom. The summed E-state index contributed by atoms with van der Waals surface area (Å²) in [5.74, 6) is 2.89. The fourth-order valence-corrected chi connectivity index (χ4v) is 3.95. The van der Waals surface area contributed by atoms with Gasteiger partial charge in [0.25, 0.3) is 0 Å². The molecular formula is C12H22N2O2S. The molecule has 2 unspecified atom stereocenters. The molecule has 0 aromatic rings. The molecule has 0 radical (unpaired) electrons. The average molecular weight is 258 g/mol. The molecule has 5 heteroatoms. The molecule has 2 atom stereocenters. The third kappa shape index (κ3) is 3.60. The van der Waals surface area contributed by atoms with Crippen molar-refractivity contribution in [2.45, 2.75) is 6.42 Å². The van der Waals surface area contributed by atoms with Crippen LogP contribution in [0.15, 0.2) is 0 Å². The highest BCUT2D eigenvalue weighted by atomic mass is 32.2. The zero-order chi connectivity index (χ0) is 12.1. The molecule has 2 aliphatic rings. The molecule has 0 aliphatic carbocycles. The van der Waals surface area contributed by atoms with Gasteiger partial charge in [0.15, 0.2) is 0 Å². The number of hydrogen-bond acceptors (Lipinski definition) is 5. The minimum Gasteiger partial charge on any atom is -0.469 e. The topological polar surface area (TPSA) is 41.6 Å². The number of nitrogens with zero attached hydrogens (tertiary/aromatic N) is 1. The van der Waals surface area contributed by atoms with E-state index in [0.717, 1.165) is 44.9 Å². The first-order chi connectivity index (χ1) is 8.31. The van der Waals surface area contributed by atoms with Crippen LogP contribution in [0, 0.1) is 11.8 Å². The molecule has 0 amide bonds. The Labute approximate surface area is 107 Å². The molecule has 2 saturated heterocycles. The number of esters is 1. The van der Waals surface area contributed by atoms with Crippen LogP contribution in [0.4, 0.5) is 0 Å². The third-order valence-electron chi connectivity index (χ3n) is 3.70. The number of thioether (sulfide) groups is 1. The number of ether oxygens (including phenoxy) is 1. The molecule has 0 saturated carbocycles. The van der Waals surface area contributed by atoms with E-state index in [9.17, 15) is 4.79 Å². The van der Waals surface area contributed by atoms with E-state index in [-0.39, 0.29) is 11.9 Å². The summed E-state index contributed by atoms with van der Waals surface area (Å²) in [7, 11) is 1.51. The highest BCUT2D eigenvalue weighted by molar-refractivity contribution is 7.99. The lowest BCUT2D eigenvalue weighted by atomic mass is 9.91. The molecule has 0 aromatic carbocycles. The summed E-state index contributed by atoms with van der Waals surface area (Å²) in [6.07, 6.45) is 1.16. The van der Waals surface area contributed by atoms with Crippen LogP contribution in [0.3, 0.4) is 0 Å². The van der Waals surface area contributed by atoms with Gasteiger partial charge in [-0.25, -0.2) is 0 Å². The van der Waals surface area contributed by atoms with Gasteiger partial charge >= 0.3 is 5.97 Å². The molecule has 0 bridgehead atoms. The first-order valence-electron chi connectivity index (χ1n) is 6.40. The zero-order valence-corrected chi connectivity index (χ0v) is 11.3. The summed E-state index contributed by atoms with van der Waals surface area (Å²) in [6.45, 7) is 5.04. The van der Waals surface area contributed by atoms with Crippen molar-refractivity contribution in [1.82, 2.24) is 10.2 Å². The maximum absolute atomic E-state index is 11.9. The van der Waals surface area contributed by atoms with E-state index < -0.39 is 0 Å². The lowest BCUT2D eigenvalue weighted by Crippen LogP contribution is -2.47. The second-order valence-corrected chi connectivity index (χ2v) is 5.95. The van der Waals surface area contributed by atoms with Crippen LogP contribution in [0.1, 0.15) is 6.42 Å². The van der Waals surface area contributed by atoms with E-state index in [1.54, 1.807) is 0 Å². The normalized spacial score (nSPS) is 27.9. The highest BCUT2D eigenvalue weighted by Crippen LogP contribution is 2.31. The molecule has 2 rings (SSSR count). The summed E-state index contributed by atoms with van der Waals surface area (Å²) in [4.78, 5) is 14.3. The first-order valence-corrected chi connectivity index (χ1v) is 7.55. The highest BCUT2D eigenvalue weighted by Gasteiger charge is 2.33. The van der Waals surface area contributed by atoms with Crippen LogP contribution in [0.25, 0.3) is 0 Å². The number of methoxy groups -OCH3 is 1. The second kappa shape index (κ2) is 6.61. The Balaban J connectivity index is 1.91. The maximum Gasteiger partial charge on any atom is 0.310 e. The monoisotopic (exact) mass is 258 g/mol. The van der Waals surface area contributed by atoms with Crippen LogP contribution in [0.5, 0.6) is 0 Å². The minimum atomic E-state index is -0.0176. The van der Waals surface area contributed by atoms with E-state index in [0.29, 0.717) is 5.92 Å². The largest absolute Gasteiger partial charge is 0.469 e. The average Bonchev–Trinajstić information content (AvgIpc) is 2.90. The van der Waals surface area contributed by atoms with Crippen molar-refractivity contribution in [3.63, 3.8) is 0 Å². The molecule has 2 heterocycles. The van der Waals surface area contributed by atoms with Crippen molar-refractivity contribution in [1.29, 1.82) is 0 Å². The van der Waals surface area contributed by atoms with Gasteiger partial charge < -0.3 is 10.1 Å². The number of carbonyl (C=O) groups is 1. The predicted octanol–water partition coefficient (Wildman–Crippen LogP) is 0.434. The maximum atomic E-state index is 11.9. The molecule has 4 nitrogen and oxygen atoms in total. The van der Waals surface area contributed by atoms with Gasteiger partial charge in [-0.2, -0.15) is 11.8 Å². The Morgan fingerprint density at radius 2 is 2.29 bits per heavy atom. The lowest BCUT2D eigenvalue weighted by molar-refractivity contribution is -0.148. The predicted molar refractivity (Wildman–Crippen MR) is 70.2 cm³/mol. The number of piperazine rings is 1. The Morgan fingerprint density at radius 1 is 1.53 bits per heavy atom. The van der Waals surface area contributed by atoms with Crippen LogP contribution in [0.2, 0.25) is 0 Å². The molecule has 17 heavy (non-hydrogen) atoms. The molecule has 1 N–H and O–H groups in total. The van der Waals surface area contributed by atoms with E-state index in [4.69, 9.17) is 4.74 Å². The van der Waals surface area contributed by atoms with Crippen molar-refractivity contribution in [2.24, 2.45) is 11.8 Å². The number of hydrogen-bond donors (Lipinski definition) is 1. The zero-order valence-electron chi connectivity index (χ0n) is 10.5. The number of carbonyl (C=O) groups excluding carboxylic acids is 1. The third-order valence-corrected chi connectivity index (χ3v) is 4.89. The SMILES string of the molecule is COC(=O)C(CN1CCNCC1)C1CCSC1. The van der Waals surface area contributed by atoms with E-state index in [1.807, 2.05) is 11.8 Å². The van der Waals surface area contributed by atoms with E-state index in [2.05, 4.69) is 10.2 Å². The quantitative estimate of drug-likeness (QED) is 0.741. The smallest absolute Gasteiger partial charge is 0.310 e. The fraction of sp³-hybridized carbons (Fsp3) is 0.917. The van der Waals surface area contributed by atoms with Gasteiger partial charge in [0.2, 0.25) is 0 Å². The van der Waals surface area contributed by atoms with Crippen LogP contribution >= 0.6 is 11.8 Å². The van der Waals surface area contributed by atoms with Crippen LogP contribution in [-0.4, -0.2) is 62.2 Å². The van der Waals surface area contributed by atoms with Crippen molar-refractivity contribution >= 4 is 17.7 Å². The van der Waals surface area contributed by atoms with Crippen molar-refractivity contribution in [3.05, 3.63) is 0 Å². The van der Waals surface area contributed by atoms with Gasteiger partial charge in [-0.1, -0.05) is 0 Å². The summed E-state index contributed by atoms with van der Waals surface area (Å²) >= 11 is 1.96. The Hall–Kier alpha value is -0.260. The van der Waals surface area contributed by atoms with Crippen LogP contribution in [-0.2, 0) is 9.53 Å². The molecule has 98 valence electrons. The molecule has 2 aliphatic heterocycles. The Kier molecular flexibility index (Phi) is 5.13. The fourth-order valence-electron chi connectivity index (χ4n) is 2.61. The summed E-state index contributed by atoms with van der Waals surface area (Å²) < 4.78 is 4.98. The second-order valence-electron chi connectivity index (χ2n) is 4.80. The number of nitrogens with one attached hydrogen (secondary N) is 1. The standard InChI is InChI=1S/C12H22N2O2S/c1-16-12(15)11(10-2-7-17-9-10)8-14-5-3-13-4-6-14/h10-11,13H,2-9H2,1H3. The molecule has 0 aromatic heterocycles. The van der Waals surface area contributed by atoms with Crippen LogP contribution < -0.4 is 5.32 Å². The van der Waals surface area contributed by atoms with Gasteiger partial charge in [-0.15, -0.1) is 0 Å². The molecule has 2 fully saturated rings. The van der Waals surface area contributed by atoms with E-state index >= 15 is 0 Å². The van der Waals surface area contributed by atoms with Crippen molar-refractivity contribution in [2.75, 3.05) is 51.3 Å². The Bertz CT molecular complexity index is 251. The summed E-state index contributed by atoms with van der Waals surface area (Å²) in [5, 5.41) is 3.34. The molecule has 0 spiro atoms. The van der Waals surface area contributed by atoms with Crippen molar-refractivity contribution in [3.8, 4) is 0 Å². The van der Waals surface area contributed by atoms with E-state index in [1.165, 1.54) is 12.9 Å². The van der Waals surface area contributed by atoms with Crippen molar-refractivity contribution < 1.29 is 9.53 Å². The lowest BCUT2D eigenvalue weighted by Gasteiger charge is -2.31. The number of rotatable bonds is 4. The first kappa shape index (κ1) is 13.2. The van der Waals surface area contributed by atoms with Gasteiger partial charge in [0, 0.05) is 32.7 Å². The van der Waals surface area contributed by atoms with Gasteiger partial charge in [-0.3, -0.25) is 9.69 Å². The summed E-state index contributed by atoms with van der Waals surface area (Å²) in [6, 6.07) is 0.